The van der Waals surface area contributed by atoms with Crippen LogP contribution in [0.1, 0.15) is 20.3 Å². The minimum absolute atomic E-state index is 0.153. The standard InChI is InChI=1S/C16H23FN2O/c1-13(2)20-12-4-8-18-9-11-19-10-7-14-15(17)5-3-6-16(14)19/h3,5-7,10,13,18H,4,8-9,11-12H2,1-2H3. The Hall–Kier alpha value is -1.39. The van der Waals surface area contributed by atoms with Gasteiger partial charge in [0.25, 0.3) is 0 Å². The lowest BCUT2D eigenvalue weighted by Gasteiger charge is -2.09. The van der Waals surface area contributed by atoms with Crippen molar-refractivity contribution in [1.29, 1.82) is 0 Å². The average Bonchev–Trinajstić information content (AvgIpc) is 2.82. The molecule has 3 nitrogen and oxygen atoms in total. The van der Waals surface area contributed by atoms with Gasteiger partial charge in [0.1, 0.15) is 5.82 Å². The zero-order valence-corrected chi connectivity index (χ0v) is 12.2. The topological polar surface area (TPSA) is 26.2 Å². The van der Waals surface area contributed by atoms with Crippen LogP contribution in [0.25, 0.3) is 10.9 Å². The molecular formula is C16H23FN2O. The van der Waals surface area contributed by atoms with E-state index >= 15 is 0 Å². The van der Waals surface area contributed by atoms with Crippen molar-refractivity contribution in [2.45, 2.75) is 32.9 Å². The van der Waals surface area contributed by atoms with Gasteiger partial charge in [0.2, 0.25) is 0 Å². The molecule has 1 aromatic carbocycles. The molecule has 1 aromatic heterocycles. The molecule has 0 amide bonds. The van der Waals surface area contributed by atoms with Crippen LogP contribution in [0.15, 0.2) is 30.5 Å². The van der Waals surface area contributed by atoms with E-state index in [4.69, 9.17) is 4.74 Å². The molecule has 0 saturated carbocycles. The van der Waals surface area contributed by atoms with Crippen molar-refractivity contribution in [3.05, 3.63) is 36.3 Å². The fourth-order valence-corrected chi connectivity index (χ4v) is 2.22. The van der Waals surface area contributed by atoms with Crippen molar-refractivity contribution in [3.8, 4) is 0 Å². The van der Waals surface area contributed by atoms with E-state index < -0.39 is 0 Å². The molecule has 0 unspecified atom stereocenters. The lowest BCUT2D eigenvalue weighted by Crippen LogP contribution is -2.22. The Bertz CT molecular complexity index is 536. The molecule has 0 aliphatic heterocycles. The molecule has 0 bridgehead atoms. The van der Waals surface area contributed by atoms with E-state index in [0.29, 0.717) is 11.5 Å². The monoisotopic (exact) mass is 278 g/mol. The fraction of sp³-hybridized carbons (Fsp3) is 0.500. The second-order valence-corrected chi connectivity index (χ2v) is 5.20. The normalized spacial score (nSPS) is 11.6. The number of benzene rings is 1. The maximum Gasteiger partial charge on any atom is 0.132 e. The van der Waals surface area contributed by atoms with Crippen LogP contribution >= 0.6 is 0 Å². The van der Waals surface area contributed by atoms with Crippen molar-refractivity contribution < 1.29 is 9.13 Å². The smallest absolute Gasteiger partial charge is 0.132 e. The van der Waals surface area contributed by atoms with Crippen molar-refractivity contribution in [3.63, 3.8) is 0 Å². The molecule has 0 spiro atoms. The number of halogens is 1. The van der Waals surface area contributed by atoms with Gasteiger partial charge >= 0.3 is 0 Å². The summed E-state index contributed by atoms with van der Waals surface area (Å²) in [4.78, 5) is 0. The first-order valence-corrected chi connectivity index (χ1v) is 7.24. The van der Waals surface area contributed by atoms with Gasteiger partial charge in [-0.15, -0.1) is 0 Å². The summed E-state index contributed by atoms with van der Waals surface area (Å²) in [5.74, 6) is -0.153. The zero-order chi connectivity index (χ0) is 14.4. The summed E-state index contributed by atoms with van der Waals surface area (Å²) in [7, 11) is 0. The van der Waals surface area contributed by atoms with Gasteiger partial charge in [0, 0.05) is 31.3 Å². The summed E-state index contributed by atoms with van der Waals surface area (Å²) in [5.41, 5.74) is 0.954. The van der Waals surface area contributed by atoms with Gasteiger partial charge in [0.15, 0.2) is 0 Å². The van der Waals surface area contributed by atoms with E-state index in [1.54, 1.807) is 6.07 Å². The summed E-state index contributed by atoms with van der Waals surface area (Å²) >= 11 is 0. The Morgan fingerprint density at radius 2 is 2.10 bits per heavy atom. The molecule has 0 radical (unpaired) electrons. The Balaban J connectivity index is 1.72. The van der Waals surface area contributed by atoms with Gasteiger partial charge < -0.3 is 14.6 Å². The minimum Gasteiger partial charge on any atom is -0.379 e. The maximum absolute atomic E-state index is 13.5. The summed E-state index contributed by atoms with van der Waals surface area (Å²) in [6.45, 7) is 7.55. The van der Waals surface area contributed by atoms with Crippen LogP contribution < -0.4 is 5.32 Å². The minimum atomic E-state index is -0.153. The van der Waals surface area contributed by atoms with Crippen LogP contribution in [0.4, 0.5) is 4.39 Å². The third-order valence-corrected chi connectivity index (χ3v) is 3.24. The highest BCUT2D eigenvalue weighted by atomic mass is 19.1. The molecule has 0 atom stereocenters. The largest absolute Gasteiger partial charge is 0.379 e. The van der Waals surface area contributed by atoms with Crippen molar-refractivity contribution in [2.75, 3.05) is 19.7 Å². The van der Waals surface area contributed by atoms with E-state index in [1.165, 1.54) is 6.07 Å². The number of nitrogens with one attached hydrogen (secondary N) is 1. The lowest BCUT2D eigenvalue weighted by molar-refractivity contribution is 0.0771. The third-order valence-electron chi connectivity index (χ3n) is 3.24. The number of nitrogens with zero attached hydrogens (tertiary/aromatic N) is 1. The van der Waals surface area contributed by atoms with Crippen LogP contribution in [0.2, 0.25) is 0 Å². The molecule has 4 heteroatoms. The molecule has 1 N–H and O–H groups in total. The van der Waals surface area contributed by atoms with Crippen molar-refractivity contribution in [2.24, 2.45) is 0 Å². The molecular weight excluding hydrogens is 255 g/mol. The lowest BCUT2D eigenvalue weighted by atomic mass is 10.2. The summed E-state index contributed by atoms with van der Waals surface area (Å²) in [5, 5.41) is 4.07. The van der Waals surface area contributed by atoms with Crippen LogP contribution in [0.3, 0.4) is 0 Å². The Morgan fingerprint density at radius 3 is 2.90 bits per heavy atom. The highest BCUT2D eigenvalue weighted by molar-refractivity contribution is 5.80. The maximum atomic E-state index is 13.5. The van der Waals surface area contributed by atoms with Gasteiger partial charge in [-0.25, -0.2) is 4.39 Å². The summed E-state index contributed by atoms with van der Waals surface area (Å²) in [6, 6.07) is 7.04. The van der Waals surface area contributed by atoms with Crippen molar-refractivity contribution in [1.82, 2.24) is 9.88 Å². The van der Waals surface area contributed by atoms with E-state index in [9.17, 15) is 4.39 Å². The first-order valence-electron chi connectivity index (χ1n) is 7.24. The molecule has 0 aliphatic rings. The Morgan fingerprint density at radius 1 is 1.25 bits per heavy atom. The molecule has 20 heavy (non-hydrogen) atoms. The van der Waals surface area contributed by atoms with Gasteiger partial charge in [-0.3, -0.25) is 0 Å². The summed E-state index contributed by atoms with van der Waals surface area (Å²) < 4.78 is 21.1. The molecule has 0 aliphatic carbocycles. The zero-order valence-electron chi connectivity index (χ0n) is 12.2. The quantitative estimate of drug-likeness (QED) is 0.751. The van der Waals surface area contributed by atoms with E-state index in [1.807, 2.05) is 32.2 Å². The predicted molar refractivity (Wildman–Crippen MR) is 80.5 cm³/mol. The number of hydrogen-bond acceptors (Lipinski definition) is 2. The summed E-state index contributed by atoms with van der Waals surface area (Å²) in [6.07, 6.45) is 3.26. The Kier molecular flexibility index (Phi) is 5.56. The molecule has 2 rings (SSSR count). The number of rotatable bonds is 8. The van der Waals surface area contributed by atoms with Crippen molar-refractivity contribution >= 4 is 10.9 Å². The van der Waals surface area contributed by atoms with Crippen LogP contribution in [-0.4, -0.2) is 30.4 Å². The highest BCUT2D eigenvalue weighted by Gasteiger charge is 2.04. The molecule has 2 aromatic rings. The fourth-order valence-electron chi connectivity index (χ4n) is 2.22. The van der Waals surface area contributed by atoms with E-state index in [-0.39, 0.29) is 5.82 Å². The molecule has 0 saturated heterocycles. The van der Waals surface area contributed by atoms with E-state index in [2.05, 4.69) is 9.88 Å². The third kappa shape index (κ3) is 4.05. The van der Waals surface area contributed by atoms with Gasteiger partial charge in [-0.1, -0.05) is 6.07 Å². The first kappa shape index (κ1) is 15.0. The number of fused-ring (bicyclic) bond motifs is 1. The molecule has 110 valence electrons. The van der Waals surface area contributed by atoms with Crippen LogP contribution in [-0.2, 0) is 11.3 Å². The van der Waals surface area contributed by atoms with Crippen LogP contribution in [0, 0.1) is 5.82 Å². The van der Waals surface area contributed by atoms with Crippen LogP contribution in [0.5, 0.6) is 0 Å². The first-order chi connectivity index (χ1) is 9.68. The Labute approximate surface area is 119 Å². The average molecular weight is 278 g/mol. The van der Waals surface area contributed by atoms with Gasteiger partial charge in [-0.2, -0.15) is 0 Å². The number of aromatic nitrogens is 1. The second kappa shape index (κ2) is 7.41. The number of hydrogen-bond donors (Lipinski definition) is 1. The predicted octanol–water partition coefficient (Wildman–Crippen LogP) is 3.19. The van der Waals surface area contributed by atoms with E-state index in [0.717, 1.165) is 38.2 Å². The second-order valence-electron chi connectivity index (χ2n) is 5.20. The SMILES string of the molecule is CC(C)OCCCNCCn1ccc2c(F)cccc21. The molecule has 0 fully saturated rings. The highest BCUT2D eigenvalue weighted by Crippen LogP contribution is 2.18. The van der Waals surface area contributed by atoms with Gasteiger partial charge in [-0.05, 0) is 45.0 Å². The van der Waals surface area contributed by atoms with Gasteiger partial charge in [0.05, 0.1) is 11.6 Å². The molecule has 1 heterocycles. The number of ether oxygens (including phenoxy) is 1.